The topological polar surface area (TPSA) is 83.2 Å². The van der Waals surface area contributed by atoms with Crippen molar-refractivity contribution in [1.29, 1.82) is 5.26 Å². The molecule has 0 aliphatic rings. The van der Waals surface area contributed by atoms with Crippen LogP contribution >= 0.6 is 0 Å². The molecule has 0 radical (unpaired) electrons. The molecule has 0 spiro atoms. The summed E-state index contributed by atoms with van der Waals surface area (Å²) in [4.78, 5) is 15.0. The van der Waals surface area contributed by atoms with Gasteiger partial charge in [0, 0.05) is 5.56 Å². The average Bonchev–Trinajstić information content (AvgIpc) is 2.67. The van der Waals surface area contributed by atoms with Gasteiger partial charge in [-0.3, -0.25) is 4.98 Å². The van der Waals surface area contributed by atoms with Crippen LogP contribution in [0.2, 0.25) is 0 Å². The summed E-state index contributed by atoms with van der Waals surface area (Å²) >= 11 is 0. The van der Waals surface area contributed by atoms with E-state index in [2.05, 4.69) is 11.1 Å². The molecule has 3 rings (SSSR count). The minimum absolute atomic E-state index is 0.279. The van der Waals surface area contributed by atoms with Crippen LogP contribution in [0.25, 0.3) is 22.4 Å². The molecule has 26 heavy (non-hydrogen) atoms. The number of aromatic nitrogens is 1. The summed E-state index contributed by atoms with van der Waals surface area (Å²) in [6.45, 7) is 0. The molecule has 2 aromatic carbocycles. The van der Waals surface area contributed by atoms with Crippen molar-refractivity contribution in [3.63, 3.8) is 0 Å². The molecule has 1 heterocycles. The van der Waals surface area contributed by atoms with E-state index in [1.165, 1.54) is 0 Å². The van der Waals surface area contributed by atoms with Crippen LogP contribution in [0.4, 0.5) is 4.39 Å². The zero-order valence-electron chi connectivity index (χ0n) is 13.7. The number of aromatic carboxylic acids is 1. The Bertz CT molecular complexity index is 1020. The van der Waals surface area contributed by atoms with Crippen LogP contribution in [0.15, 0.2) is 54.7 Å². The zero-order valence-corrected chi connectivity index (χ0v) is 13.7. The predicted octanol–water partition coefficient (Wildman–Crippen LogP) is 4.13. The number of nitriles is 1. The van der Waals surface area contributed by atoms with Crippen molar-refractivity contribution in [1.82, 2.24) is 4.98 Å². The molecule has 6 heteroatoms. The number of carboxylic acids is 1. The van der Waals surface area contributed by atoms with E-state index in [0.717, 1.165) is 23.4 Å². The summed E-state index contributed by atoms with van der Waals surface area (Å²) in [5.41, 5.74) is 2.30. The van der Waals surface area contributed by atoms with Crippen LogP contribution in [0.3, 0.4) is 0 Å². The van der Waals surface area contributed by atoms with Gasteiger partial charge in [-0.15, -0.1) is 0 Å². The number of carboxylic acid groups (broad SMARTS) is 1. The molecule has 0 saturated carbocycles. The summed E-state index contributed by atoms with van der Waals surface area (Å²) in [5, 5.41) is 18.5. The summed E-state index contributed by atoms with van der Waals surface area (Å²) in [6, 6.07) is 15.6. The van der Waals surface area contributed by atoms with Crippen molar-refractivity contribution in [2.45, 2.75) is 0 Å². The fourth-order valence-corrected chi connectivity index (χ4v) is 2.58. The third-order valence-corrected chi connectivity index (χ3v) is 3.92. The van der Waals surface area contributed by atoms with Crippen molar-refractivity contribution < 1.29 is 19.0 Å². The highest BCUT2D eigenvalue weighted by Crippen LogP contribution is 2.29. The van der Waals surface area contributed by atoms with Crippen LogP contribution in [0.1, 0.15) is 15.9 Å². The third kappa shape index (κ3) is 3.23. The lowest BCUT2D eigenvalue weighted by Crippen LogP contribution is -2.02. The Hall–Kier alpha value is -3.72. The first-order chi connectivity index (χ1) is 12.5. The van der Waals surface area contributed by atoms with Crippen molar-refractivity contribution in [2.24, 2.45) is 0 Å². The molecule has 1 aromatic heterocycles. The molecule has 5 nitrogen and oxygen atoms in total. The molecule has 0 aliphatic carbocycles. The second-order valence-electron chi connectivity index (χ2n) is 5.46. The van der Waals surface area contributed by atoms with E-state index in [1.807, 2.05) is 12.1 Å². The van der Waals surface area contributed by atoms with E-state index in [9.17, 15) is 14.4 Å². The van der Waals surface area contributed by atoms with E-state index in [0.29, 0.717) is 16.9 Å². The lowest BCUT2D eigenvalue weighted by molar-refractivity contribution is 0.0691. The first-order valence-corrected chi connectivity index (χ1v) is 7.61. The second kappa shape index (κ2) is 7.03. The minimum atomic E-state index is -1.37. The number of ether oxygens (including phenoxy) is 1. The van der Waals surface area contributed by atoms with Gasteiger partial charge in [0.25, 0.3) is 0 Å². The SMILES string of the molecule is COc1ccc(-c2ccc(-c3cc(C(=O)O)c(F)cn3)cc2C#N)cc1. The Kier molecular flexibility index (Phi) is 4.63. The normalized spacial score (nSPS) is 10.2. The quantitative estimate of drug-likeness (QED) is 0.766. The van der Waals surface area contributed by atoms with E-state index < -0.39 is 17.3 Å². The van der Waals surface area contributed by atoms with Gasteiger partial charge in [-0.05, 0) is 35.4 Å². The molecule has 3 aromatic rings. The zero-order chi connectivity index (χ0) is 18.7. The predicted molar refractivity (Wildman–Crippen MR) is 93.3 cm³/mol. The molecular weight excluding hydrogens is 335 g/mol. The molecular formula is C20H13FN2O3. The fourth-order valence-electron chi connectivity index (χ4n) is 2.58. The highest BCUT2D eigenvalue weighted by Gasteiger charge is 2.14. The van der Waals surface area contributed by atoms with Gasteiger partial charge in [0.15, 0.2) is 5.82 Å². The number of benzene rings is 2. The summed E-state index contributed by atoms with van der Waals surface area (Å²) in [7, 11) is 1.57. The van der Waals surface area contributed by atoms with Crippen LogP contribution < -0.4 is 4.74 Å². The fraction of sp³-hybridized carbons (Fsp3) is 0.0500. The standard InChI is InChI=1S/C20H13FN2O3/c1-26-15-5-2-12(3-6-15)16-7-4-13(8-14(16)10-22)19-9-17(20(24)25)18(21)11-23-19/h2-9,11H,1H3,(H,24,25). The lowest BCUT2D eigenvalue weighted by atomic mass is 9.96. The number of halogens is 1. The molecule has 0 saturated heterocycles. The first-order valence-electron chi connectivity index (χ1n) is 7.61. The monoisotopic (exact) mass is 348 g/mol. The first kappa shape index (κ1) is 17.1. The van der Waals surface area contributed by atoms with E-state index in [-0.39, 0.29) is 5.69 Å². The molecule has 0 unspecified atom stereocenters. The number of methoxy groups -OCH3 is 1. The molecule has 0 fully saturated rings. The Labute approximate surface area is 148 Å². The van der Waals surface area contributed by atoms with Crippen molar-refractivity contribution in [2.75, 3.05) is 7.11 Å². The number of rotatable bonds is 4. The number of pyridine rings is 1. The molecule has 128 valence electrons. The Morgan fingerprint density at radius 3 is 2.46 bits per heavy atom. The summed E-state index contributed by atoms with van der Waals surface area (Å²) in [5.74, 6) is -1.57. The largest absolute Gasteiger partial charge is 0.497 e. The van der Waals surface area contributed by atoms with Crippen LogP contribution in [-0.4, -0.2) is 23.2 Å². The van der Waals surface area contributed by atoms with Gasteiger partial charge in [-0.2, -0.15) is 5.26 Å². The highest BCUT2D eigenvalue weighted by molar-refractivity contribution is 5.89. The number of nitrogens with zero attached hydrogens (tertiary/aromatic N) is 2. The van der Waals surface area contributed by atoms with Gasteiger partial charge in [-0.1, -0.05) is 24.3 Å². The Morgan fingerprint density at radius 2 is 1.85 bits per heavy atom. The van der Waals surface area contributed by atoms with Crippen molar-refractivity contribution in [3.05, 3.63) is 71.7 Å². The Morgan fingerprint density at radius 1 is 1.15 bits per heavy atom. The maximum Gasteiger partial charge on any atom is 0.338 e. The third-order valence-electron chi connectivity index (χ3n) is 3.92. The van der Waals surface area contributed by atoms with Crippen molar-refractivity contribution in [3.8, 4) is 34.2 Å². The maximum absolute atomic E-state index is 13.5. The summed E-state index contributed by atoms with van der Waals surface area (Å²) in [6.07, 6.45) is 0.863. The lowest BCUT2D eigenvalue weighted by Gasteiger charge is -2.09. The molecule has 0 aliphatic heterocycles. The van der Waals surface area contributed by atoms with Gasteiger partial charge in [0.05, 0.1) is 36.2 Å². The van der Waals surface area contributed by atoms with E-state index >= 15 is 0 Å². The number of hydrogen-bond acceptors (Lipinski definition) is 4. The minimum Gasteiger partial charge on any atom is -0.497 e. The van der Waals surface area contributed by atoms with Gasteiger partial charge in [0.2, 0.25) is 0 Å². The molecule has 0 amide bonds. The van der Waals surface area contributed by atoms with Crippen LogP contribution in [-0.2, 0) is 0 Å². The van der Waals surface area contributed by atoms with E-state index in [4.69, 9.17) is 9.84 Å². The number of hydrogen-bond donors (Lipinski definition) is 1. The average molecular weight is 348 g/mol. The Balaban J connectivity index is 2.05. The summed E-state index contributed by atoms with van der Waals surface area (Å²) < 4.78 is 18.6. The highest BCUT2D eigenvalue weighted by atomic mass is 19.1. The van der Waals surface area contributed by atoms with Crippen molar-refractivity contribution >= 4 is 5.97 Å². The molecule has 1 N–H and O–H groups in total. The maximum atomic E-state index is 13.5. The van der Waals surface area contributed by atoms with Crippen LogP contribution in [0, 0.1) is 17.1 Å². The van der Waals surface area contributed by atoms with Gasteiger partial charge in [0.1, 0.15) is 5.75 Å². The second-order valence-corrected chi connectivity index (χ2v) is 5.46. The van der Waals surface area contributed by atoms with E-state index in [1.54, 1.807) is 37.4 Å². The molecule has 0 bridgehead atoms. The number of carbonyl (C=O) groups is 1. The van der Waals surface area contributed by atoms with Crippen LogP contribution in [0.5, 0.6) is 5.75 Å². The van der Waals surface area contributed by atoms with Gasteiger partial charge >= 0.3 is 5.97 Å². The van der Waals surface area contributed by atoms with Gasteiger partial charge < -0.3 is 9.84 Å². The smallest absolute Gasteiger partial charge is 0.338 e. The van der Waals surface area contributed by atoms with Gasteiger partial charge in [-0.25, -0.2) is 9.18 Å². The molecule has 0 atom stereocenters.